The van der Waals surface area contributed by atoms with Crippen molar-refractivity contribution in [2.75, 3.05) is 19.9 Å². The average molecular weight is 329 g/mol. The van der Waals surface area contributed by atoms with Crippen molar-refractivity contribution in [3.63, 3.8) is 0 Å². The molecule has 0 aliphatic carbocycles. The smallest absolute Gasteiger partial charge is 0.231 e. The monoisotopic (exact) mass is 329 g/mol. The minimum atomic E-state index is -0.380. The van der Waals surface area contributed by atoms with Crippen LogP contribution in [0.3, 0.4) is 0 Å². The molecule has 2 aromatic carbocycles. The van der Waals surface area contributed by atoms with E-state index in [0.29, 0.717) is 6.61 Å². The van der Waals surface area contributed by atoms with Crippen LogP contribution in [0.4, 0.5) is 4.39 Å². The number of hydrogen-bond donors (Lipinski definition) is 1. The van der Waals surface area contributed by atoms with E-state index in [0.717, 1.165) is 48.6 Å². The van der Waals surface area contributed by atoms with E-state index in [1.54, 1.807) is 0 Å². The van der Waals surface area contributed by atoms with Crippen molar-refractivity contribution in [2.24, 2.45) is 0 Å². The molecule has 1 N–H and O–H groups in total. The molecule has 0 aromatic heterocycles. The van der Waals surface area contributed by atoms with Crippen molar-refractivity contribution in [1.82, 2.24) is 5.32 Å². The lowest BCUT2D eigenvalue weighted by Gasteiger charge is -2.38. The van der Waals surface area contributed by atoms with Crippen LogP contribution in [0, 0.1) is 5.82 Å². The van der Waals surface area contributed by atoms with Gasteiger partial charge in [-0.2, -0.15) is 0 Å². The molecule has 1 saturated heterocycles. The highest BCUT2D eigenvalue weighted by Gasteiger charge is 2.35. The van der Waals surface area contributed by atoms with Gasteiger partial charge in [0.2, 0.25) is 6.79 Å². The molecule has 2 heterocycles. The zero-order valence-corrected chi connectivity index (χ0v) is 13.4. The van der Waals surface area contributed by atoms with Crippen LogP contribution in [0.5, 0.6) is 11.5 Å². The Hall–Kier alpha value is -2.11. The third-order valence-corrected chi connectivity index (χ3v) is 4.73. The van der Waals surface area contributed by atoms with Crippen molar-refractivity contribution in [2.45, 2.75) is 25.0 Å². The third-order valence-electron chi connectivity index (χ3n) is 4.73. The number of fused-ring (bicyclic) bond motifs is 1. The van der Waals surface area contributed by atoms with E-state index in [1.807, 2.05) is 30.3 Å². The first-order valence-corrected chi connectivity index (χ1v) is 8.24. The molecule has 0 radical (unpaired) electrons. The van der Waals surface area contributed by atoms with Crippen molar-refractivity contribution in [3.8, 4) is 11.5 Å². The van der Waals surface area contributed by atoms with Gasteiger partial charge in [-0.1, -0.05) is 18.2 Å². The molecule has 126 valence electrons. The van der Waals surface area contributed by atoms with Crippen molar-refractivity contribution < 1.29 is 18.6 Å². The summed E-state index contributed by atoms with van der Waals surface area (Å²) in [5.41, 5.74) is 1.69. The van der Waals surface area contributed by atoms with E-state index in [9.17, 15) is 4.39 Å². The fourth-order valence-corrected chi connectivity index (χ4v) is 3.35. The summed E-state index contributed by atoms with van der Waals surface area (Å²) in [7, 11) is 0. The third kappa shape index (κ3) is 2.97. The number of nitrogens with one attached hydrogen (secondary N) is 1. The molecule has 0 saturated carbocycles. The molecule has 4 nitrogen and oxygen atoms in total. The number of halogens is 1. The lowest BCUT2D eigenvalue weighted by Crippen LogP contribution is -2.41. The maximum atomic E-state index is 13.3. The maximum Gasteiger partial charge on any atom is 0.231 e. The van der Waals surface area contributed by atoms with Crippen molar-refractivity contribution in [1.29, 1.82) is 0 Å². The SMILES string of the molecule is Fc1ccc(C2(OCc3ccc4c(c3)OCO4)CCNCC2)cc1. The predicted molar refractivity (Wildman–Crippen MR) is 87.5 cm³/mol. The summed E-state index contributed by atoms with van der Waals surface area (Å²) < 4.78 is 30.4. The number of rotatable bonds is 4. The zero-order valence-electron chi connectivity index (χ0n) is 13.4. The molecule has 0 atom stereocenters. The van der Waals surface area contributed by atoms with E-state index in [-0.39, 0.29) is 18.2 Å². The number of hydrogen-bond acceptors (Lipinski definition) is 4. The van der Waals surface area contributed by atoms with E-state index < -0.39 is 0 Å². The van der Waals surface area contributed by atoms with Crippen LogP contribution in [0.15, 0.2) is 42.5 Å². The van der Waals surface area contributed by atoms with Crippen LogP contribution in [0.2, 0.25) is 0 Å². The summed E-state index contributed by atoms with van der Waals surface area (Å²) in [5, 5.41) is 3.36. The van der Waals surface area contributed by atoms with Gasteiger partial charge in [-0.3, -0.25) is 0 Å². The highest BCUT2D eigenvalue weighted by atomic mass is 19.1. The Labute approximate surface area is 140 Å². The summed E-state index contributed by atoms with van der Waals surface area (Å²) in [5.74, 6) is 1.31. The Morgan fingerprint density at radius 3 is 2.54 bits per heavy atom. The summed E-state index contributed by atoms with van der Waals surface area (Å²) >= 11 is 0. The molecule has 0 unspecified atom stereocenters. The Kier molecular flexibility index (Phi) is 4.12. The highest BCUT2D eigenvalue weighted by Crippen LogP contribution is 2.37. The lowest BCUT2D eigenvalue weighted by molar-refractivity contribution is -0.0820. The molecule has 0 bridgehead atoms. The molecular weight excluding hydrogens is 309 g/mol. The van der Waals surface area contributed by atoms with Gasteiger partial charge in [0.15, 0.2) is 11.5 Å². The fraction of sp³-hybridized carbons (Fsp3) is 0.368. The summed E-state index contributed by atoms with van der Waals surface area (Å²) in [6.07, 6.45) is 1.73. The number of ether oxygens (including phenoxy) is 3. The second-order valence-corrected chi connectivity index (χ2v) is 6.23. The molecule has 4 rings (SSSR count). The zero-order chi connectivity index (χ0) is 16.4. The summed E-state index contributed by atoms with van der Waals surface area (Å²) in [6.45, 7) is 2.52. The quantitative estimate of drug-likeness (QED) is 0.934. The normalized spacial score (nSPS) is 18.5. The van der Waals surface area contributed by atoms with Crippen molar-refractivity contribution in [3.05, 3.63) is 59.4 Å². The molecular formula is C19H20FNO3. The average Bonchev–Trinajstić information content (AvgIpc) is 3.09. The minimum absolute atomic E-state index is 0.224. The predicted octanol–water partition coefficient (Wildman–Crippen LogP) is 3.35. The summed E-state index contributed by atoms with van der Waals surface area (Å²) in [6, 6.07) is 12.5. The molecule has 24 heavy (non-hydrogen) atoms. The first-order valence-electron chi connectivity index (χ1n) is 8.24. The second kappa shape index (κ2) is 6.42. The van der Waals surface area contributed by atoms with Crippen LogP contribution in [0.25, 0.3) is 0 Å². The van der Waals surface area contributed by atoms with Gasteiger partial charge >= 0.3 is 0 Å². The summed E-state index contributed by atoms with van der Waals surface area (Å²) in [4.78, 5) is 0. The van der Waals surface area contributed by atoms with Crippen molar-refractivity contribution >= 4 is 0 Å². The Morgan fingerprint density at radius 2 is 1.75 bits per heavy atom. The number of piperidine rings is 1. The Bertz CT molecular complexity index is 711. The first kappa shape index (κ1) is 15.4. The maximum absolute atomic E-state index is 13.3. The van der Waals surface area contributed by atoms with E-state index in [1.165, 1.54) is 12.1 Å². The van der Waals surface area contributed by atoms with Gasteiger partial charge in [0.1, 0.15) is 5.82 Å². The fourth-order valence-electron chi connectivity index (χ4n) is 3.35. The van der Waals surface area contributed by atoms with Gasteiger partial charge in [0.05, 0.1) is 12.2 Å². The van der Waals surface area contributed by atoms with Gasteiger partial charge < -0.3 is 19.5 Å². The van der Waals surface area contributed by atoms with Crippen LogP contribution in [-0.4, -0.2) is 19.9 Å². The highest BCUT2D eigenvalue weighted by molar-refractivity contribution is 5.44. The van der Waals surface area contributed by atoms with Gasteiger partial charge in [0.25, 0.3) is 0 Å². The topological polar surface area (TPSA) is 39.7 Å². The van der Waals surface area contributed by atoms with Crippen LogP contribution in [0.1, 0.15) is 24.0 Å². The largest absolute Gasteiger partial charge is 0.454 e. The molecule has 0 amide bonds. The molecule has 2 aliphatic heterocycles. The van der Waals surface area contributed by atoms with Gasteiger partial charge in [-0.05, 0) is 61.3 Å². The van der Waals surface area contributed by atoms with Crippen LogP contribution in [-0.2, 0) is 16.9 Å². The van der Waals surface area contributed by atoms with Gasteiger partial charge in [0, 0.05) is 0 Å². The standard InChI is InChI=1S/C19H20FNO3/c20-16-4-2-15(3-5-16)19(7-9-21-10-8-19)24-12-14-1-6-17-18(11-14)23-13-22-17/h1-6,11,21H,7-10,12-13H2. The second-order valence-electron chi connectivity index (χ2n) is 6.23. The molecule has 2 aliphatic rings. The van der Waals surface area contributed by atoms with E-state index >= 15 is 0 Å². The van der Waals surface area contributed by atoms with Crippen LogP contribution < -0.4 is 14.8 Å². The van der Waals surface area contributed by atoms with Gasteiger partial charge in [-0.15, -0.1) is 0 Å². The first-order chi connectivity index (χ1) is 11.8. The van der Waals surface area contributed by atoms with E-state index in [4.69, 9.17) is 14.2 Å². The minimum Gasteiger partial charge on any atom is -0.454 e. The Balaban J connectivity index is 1.55. The van der Waals surface area contributed by atoms with Crippen LogP contribution >= 0.6 is 0 Å². The molecule has 0 spiro atoms. The Morgan fingerprint density at radius 1 is 1.00 bits per heavy atom. The van der Waals surface area contributed by atoms with E-state index in [2.05, 4.69) is 5.32 Å². The molecule has 1 fully saturated rings. The number of benzene rings is 2. The lowest BCUT2D eigenvalue weighted by atomic mass is 9.84. The molecule has 2 aromatic rings. The van der Waals surface area contributed by atoms with Gasteiger partial charge in [-0.25, -0.2) is 4.39 Å². The molecule has 5 heteroatoms.